The van der Waals surface area contributed by atoms with Crippen molar-refractivity contribution in [3.63, 3.8) is 0 Å². The molecule has 0 saturated carbocycles. The Labute approximate surface area is 152 Å². The number of thioether (sulfide) groups is 1. The topological polar surface area (TPSA) is 41.1 Å². The highest BCUT2D eigenvalue weighted by atomic mass is 35.5. The lowest BCUT2D eigenvalue weighted by Crippen LogP contribution is -2.37. The zero-order valence-corrected chi connectivity index (χ0v) is 15.4. The number of hydrazine groups is 1. The molecule has 1 amide bonds. The van der Waals surface area contributed by atoms with E-state index in [9.17, 15) is 4.79 Å². The second-order valence-corrected chi connectivity index (χ2v) is 7.18. The second-order valence-electron chi connectivity index (χ2n) is 5.70. The molecule has 2 rings (SSSR count). The Morgan fingerprint density at radius 2 is 1.71 bits per heavy atom. The van der Waals surface area contributed by atoms with E-state index in [0.717, 1.165) is 26.9 Å². The summed E-state index contributed by atoms with van der Waals surface area (Å²) >= 11 is 7.61. The molecule has 0 saturated heterocycles. The van der Waals surface area contributed by atoms with Crippen LogP contribution in [0.3, 0.4) is 0 Å². The molecule has 0 radical (unpaired) electrons. The lowest BCUT2D eigenvalue weighted by molar-refractivity contribution is 0.0937. The first kappa shape index (κ1) is 18.4. The molecule has 2 N–H and O–H groups in total. The standard InChI is InChI=1S/C19H21ClN2OS/c1-13(2)14(3)21-22-19(23)16-6-4-15(5-7-16)12-24-18-10-8-17(20)9-11-18/h4-11,13,21H,3,12H2,1-2H3,(H,22,23). The van der Waals surface area contributed by atoms with E-state index >= 15 is 0 Å². The lowest BCUT2D eigenvalue weighted by atomic mass is 10.1. The molecular weight excluding hydrogens is 340 g/mol. The number of halogens is 1. The van der Waals surface area contributed by atoms with E-state index in [1.165, 1.54) is 0 Å². The van der Waals surface area contributed by atoms with Crippen LogP contribution in [0.1, 0.15) is 29.8 Å². The van der Waals surface area contributed by atoms with Crippen LogP contribution in [0, 0.1) is 5.92 Å². The third-order valence-electron chi connectivity index (χ3n) is 3.47. The van der Waals surface area contributed by atoms with E-state index in [-0.39, 0.29) is 11.8 Å². The number of allylic oxidation sites excluding steroid dienone is 1. The summed E-state index contributed by atoms with van der Waals surface area (Å²) in [5.74, 6) is 0.928. The van der Waals surface area contributed by atoms with Gasteiger partial charge in [-0.05, 0) is 47.9 Å². The van der Waals surface area contributed by atoms with Gasteiger partial charge in [-0.25, -0.2) is 0 Å². The molecule has 3 nitrogen and oxygen atoms in total. The van der Waals surface area contributed by atoms with E-state index in [1.807, 2.05) is 62.4 Å². The Kier molecular flexibility index (Phi) is 6.76. The average molecular weight is 361 g/mol. The van der Waals surface area contributed by atoms with E-state index < -0.39 is 0 Å². The number of hydrogen-bond donors (Lipinski definition) is 2. The molecule has 0 heterocycles. The van der Waals surface area contributed by atoms with Crippen molar-refractivity contribution in [2.45, 2.75) is 24.5 Å². The lowest BCUT2D eigenvalue weighted by Gasteiger charge is -2.13. The first-order valence-electron chi connectivity index (χ1n) is 7.68. The molecule has 0 aliphatic heterocycles. The number of benzene rings is 2. The number of hydrogen-bond acceptors (Lipinski definition) is 3. The van der Waals surface area contributed by atoms with Crippen LogP contribution in [-0.2, 0) is 5.75 Å². The van der Waals surface area contributed by atoms with Crippen molar-refractivity contribution in [2.24, 2.45) is 5.92 Å². The van der Waals surface area contributed by atoms with Gasteiger partial charge in [0.25, 0.3) is 5.91 Å². The molecule has 0 aliphatic carbocycles. The number of carbonyl (C=O) groups is 1. The highest BCUT2D eigenvalue weighted by Gasteiger charge is 2.06. The van der Waals surface area contributed by atoms with Crippen molar-refractivity contribution in [1.29, 1.82) is 0 Å². The van der Waals surface area contributed by atoms with Crippen LogP contribution in [0.25, 0.3) is 0 Å². The molecule has 0 aromatic heterocycles. The zero-order chi connectivity index (χ0) is 17.5. The van der Waals surface area contributed by atoms with Gasteiger partial charge in [0.2, 0.25) is 0 Å². The molecule has 0 bridgehead atoms. The van der Waals surface area contributed by atoms with E-state index in [4.69, 9.17) is 11.6 Å². The fraction of sp³-hybridized carbons (Fsp3) is 0.211. The predicted octanol–water partition coefficient (Wildman–Crippen LogP) is 5.04. The normalized spacial score (nSPS) is 10.5. The van der Waals surface area contributed by atoms with Crippen LogP contribution >= 0.6 is 23.4 Å². The monoisotopic (exact) mass is 360 g/mol. The van der Waals surface area contributed by atoms with Gasteiger partial charge in [0, 0.05) is 26.9 Å². The van der Waals surface area contributed by atoms with Gasteiger partial charge < -0.3 is 5.43 Å². The summed E-state index contributed by atoms with van der Waals surface area (Å²) in [5, 5.41) is 0.739. The molecule has 0 aliphatic rings. The van der Waals surface area contributed by atoms with Crippen molar-refractivity contribution >= 4 is 29.3 Å². The minimum absolute atomic E-state index is 0.172. The van der Waals surface area contributed by atoms with Crippen LogP contribution in [0.5, 0.6) is 0 Å². The molecule has 0 fully saturated rings. The van der Waals surface area contributed by atoms with Gasteiger partial charge in [-0.2, -0.15) is 0 Å². The van der Waals surface area contributed by atoms with Crippen LogP contribution in [-0.4, -0.2) is 5.91 Å². The van der Waals surface area contributed by atoms with E-state index in [1.54, 1.807) is 11.8 Å². The zero-order valence-electron chi connectivity index (χ0n) is 13.8. The first-order valence-corrected chi connectivity index (χ1v) is 9.04. The molecule has 2 aromatic carbocycles. The molecule has 5 heteroatoms. The van der Waals surface area contributed by atoms with Crippen molar-refractivity contribution in [3.05, 3.63) is 77.0 Å². The molecule has 0 atom stereocenters. The van der Waals surface area contributed by atoms with Gasteiger partial charge >= 0.3 is 0 Å². The Balaban J connectivity index is 1.86. The summed E-state index contributed by atoms with van der Waals surface area (Å²) in [7, 11) is 0. The summed E-state index contributed by atoms with van der Waals surface area (Å²) in [5.41, 5.74) is 8.04. The number of carbonyl (C=O) groups excluding carboxylic acids is 1. The second kappa shape index (κ2) is 8.81. The van der Waals surface area contributed by atoms with E-state index in [2.05, 4.69) is 17.4 Å². The van der Waals surface area contributed by atoms with Crippen LogP contribution in [0.2, 0.25) is 5.02 Å². The highest BCUT2D eigenvalue weighted by molar-refractivity contribution is 7.98. The maximum absolute atomic E-state index is 12.1. The third kappa shape index (κ3) is 5.62. The largest absolute Gasteiger partial charge is 0.303 e. The minimum Gasteiger partial charge on any atom is -0.303 e. The Morgan fingerprint density at radius 1 is 1.08 bits per heavy atom. The molecule has 0 unspecified atom stereocenters. The number of rotatable bonds is 7. The van der Waals surface area contributed by atoms with Gasteiger partial charge in [0.1, 0.15) is 0 Å². The minimum atomic E-state index is -0.172. The molecule has 2 aromatic rings. The summed E-state index contributed by atoms with van der Waals surface area (Å²) in [6.45, 7) is 7.87. The summed E-state index contributed by atoms with van der Waals surface area (Å²) in [6, 6.07) is 15.4. The van der Waals surface area contributed by atoms with Gasteiger partial charge in [0.15, 0.2) is 0 Å². The van der Waals surface area contributed by atoms with Crippen molar-refractivity contribution in [1.82, 2.24) is 10.9 Å². The maximum atomic E-state index is 12.1. The van der Waals surface area contributed by atoms with Gasteiger partial charge in [-0.1, -0.05) is 44.2 Å². The Bertz CT molecular complexity index is 696. The van der Waals surface area contributed by atoms with Crippen molar-refractivity contribution in [2.75, 3.05) is 0 Å². The Hall–Kier alpha value is -1.91. The van der Waals surface area contributed by atoms with Crippen LogP contribution in [0.15, 0.2) is 65.7 Å². The van der Waals surface area contributed by atoms with Gasteiger partial charge in [-0.3, -0.25) is 10.2 Å². The van der Waals surface area contributed by atoms with Crippen LogP contribution < -0.4 is 10.9 Å². The molecular formula is C19H21ClN2OS. The van der Waals surface area contributed by atoms with Gasteiger partial charge in [0.05, 0.1) is 0 Å². The SMILES string of the molecule is C=C(NNC(=O)c1ccc(CSc2ccc(Cl)cc2)cc1)C(C)C. The van der Waals surface area contributed by atoms with Crippen molar-refractivity contribution in [3.8, 4) is 0 Å². The summed E-state index contributed by atoms with van der Waals surface area (Å²) in [4.78, 5) is 13.2. The van der Waals surface area contributed by atoms with Gasteiger partial charge in [-0.15, -0.1) is 11.8 Å². The maximum Gasteiger partial charge on any atom is 0.269 e. The fourth-order valence-electron chi connectivity index (χ4n) is 1.80. The molecule has 24 heavy (non-hydrogen) atoms. The van der Waals surface area contributed by atoms with Crippen LogP contribution in [0.4, 0.5) is 0 Å². The fourth-order valence-corrected chi connectivity index (χ4v) is 2.78. The average Bonchev–Trinajstić information content (AvgIpc) is 2.59. The smallest absolute Gasteiger partial charge is 0.269 e. The molecule has 0 spiro atoms. The summed E-state index contributed by atoms with van der Waals surface area (Å²) in [6.07, 6.45) is 0. The highest BCUT2D eigenvalue weighted by Crippen LogP contribution is 2.24. The predicted molar refractivity (Wildman–Crippen MR) is 102 cm³/mol. The van der Waals surface area contributed by atoms with E-state index in [0.29, 0.717) is 5.56 Å². The molecule has 126 valence electrons. The summed E-state index contributed by atoms with van der Waals surface area (Å²) < 4.78 is 0. The third-order valence-corrected chi connectivity index (χ3v) is 4.80. The first-order chi connectivity index (χ1) is 11.5. The quantitative estimate of drug-likeness (QED) is 0.537. The number of nitrogens with one attached hydrogen (secondary N) is 2. The Morgan fingerprint density at radius 3 is 2.29 bits per heavy atom. The number of amides is 1. The van der Waals surface area contributed by atoms with Crippen molar-refractivity contribution < 1.29 is 4.79 Å².